The second-order valence-corrected chi connectivity index (χ2v) is 6.41. The summed E-state index contributed by atoms with van der Waals surface area (Å²) in [5, 5.41) is 12.3. The van der Waals surface area contributed by atoms with Gasteiger partial charge in [-0.1, -0.05) is 0 Å². The number of hydrogen-bond acceptors (Lipinski definition) is 3. The Kier molecular flexibility index (Phi) is 6.16. The molecule has 0 saturated heterocycles. The van der Waals surface area contributed by atoms with Crippen molar-refractivity contribution in [3.8, 4) is 0 Å². The first-order valence-electron chi connectivity index (χ1n) is 8.38. The summed E-state index contributed by atoms with van der Waals surface area (Å²) in [6, 6.07) is -0.813. The highest BCUT2D eigenvalue weighted by atomic mass is 19.1. The molecule has 0 bridgehead atoms. The van der Waals surface area contributed by atoms with Gasteiger partial charge in [0.2, 0.25) is 5.91 Å². The number of nitrogens with zero attached hydrogens (tertiary/aromatic N) is 2. The van der Waals surface area contributed by atoms with Gasteiger partial charge in [0, 0.05) is 30.7 Å². The fraction of sp³-hybridized carbons (Fsp3) is 0.688. The minimum absolute atomic E-state index is 0.00723. The maximum Gasteiger partial charge on any atom is 0.315 e. The third-order valence-electron chi connectivity index (χ3n) is 4.15. The molecule has 7 nitrogen and oxygen atoms in total. The quantitative estimate of drug-likeness (QED) is 0.725. The Labute approximate surface area is 141 Å². The molecule has 1 aromatic rings. The van der Waals surface area contributed by atoms with E-state index in [1.807, 2.05) is 10.9 Å². The van der Waals surface area contributed by atoms with Crippen LogP contribution in [0.2, 0.25) is 0 Å². The summed E-state index contributed by atoms with van der Waals surface area (Å²) in [4.78, 5) is 23.7. The van der Waals surface area contributed by atoms with Crippen molar-refractivity contribution in [1.29, 1.82) is 0 Å². The molecule has 2 atom stereocenters. The van der Waals surface area contributed by atoms with Crippen LogP contribution in [0, 0.1) is 0 Å². The monoisotopic (exact) mass is 339 g/mol. The minimum atomic E-state index is -0.711. The van der Waals surface area contributed by atoms with Crippen LogP contribution in [0.15, 0.2) is 6.20 Å². The van der Waals surface area contributed by atoms with Crippen molar-refractivity contribution in [3.05, 3.63) is 17.5 Å². The van der Waals surface area contributed by atoms with Gasteiger partial charge in [-0.3, -0.25) is 9.48 Å². The maximum atomic E-state index is 12.1. The Morgan fingerprint density at radius 2 is 2.17 bits per heavy atom. The Hall–Kier alpha value is -2.12. The molecule has 0 aliphatic heterocycles. The lowest BCUT2D eigenvalue weighted by molar-refractivity contribution is -0.122. The van der Waals surface area contributed by atoms with Crippen molar-refractivity contribution in [2.24, 2.45) is 0 Å². The molecule has 0 spiro atoms. The van der Waals surface area contributed by atoms with Crippen molar-refractivity contribution in [1.82, 2.24) is 25.7 Å². The van der Waals surface area contributed by atoms with Gasteiger partial charge in [-0.15, -0.1) is 0 Å². The summed E-state index contributed by atoms with van der Waals surface area (Å²) < 4.78 is 14.0. The van der Waals surface area contributed by atoms with Crippen LogP contribution < -0.4 is 16.0 Å². The van der Waals surface area contributed by atoms with Crippen molar-refractivity contribution in [2.45, 2.75) is 58.2 Å². The molecule has 8 heteroatoms. The van der Waals surface area contributed by atoms with Crippen LogP contribution in [0.3, 0.4) is 0 Å². The molecular weight excluding hydrogens is 313 g/mol. The first-order valence-corrected chi connectivity index (χ1v) is 8.38. The molecular formula is C16H26FN5O2. The zero-order valence-corrected chi connectivity index (χ0v) is 14.4. The van der Waals surface area contributed by atoms with Crippen molar-refractivity contribution >= 4 is 11.9 Å². The van der Waals surface area contributed by atoms with Crippen LogP contribution in [0.5, 0.6) is 0 Å². The number of hydrogen-bond donors (Lipinski definition) is 3. The fourth-order valence-electron chi connectivity index (χ4n) is 2.90. The number of nitrogens with one attached hydrogen (secondary N) is 3. The normalized spacial score (nSPS) is 18.0. The topological polar surface area (TPSA) is 88.1 Å². The van der Waals surface area contributed by atoms with Crippen LogP contribution in [0.4, 0.5) is 9.18 Å². The number of alkyl halides is 1. The van der Waals surface area contributed by atoms with Crippen LogP contribution in [0.25, 0.3) is 0 Å². The number of urea groups is 1. The molecule has 1 aliphatic rings. The molecule has 0 fully saturated rings. The molecule has 0 aromatic carbocycles. The number of aryl methyl sites for hydroxylation is 1. The molecule has 1 aliphatic carbocycles. The second kappa shape index (κ2) is 8.12. The standard InChI is InChI=1S/C16H26FN5O2/c1-10(2)22-14-8-13(5-4-12(14)9-19-22)21-16(24)20-11(3)15(23)18-7-6-17/h9-11,13H,4-8H2,1-3H3,(H,18,23)(H2,20,21,24)/t11-,13+/m1/s1. The average molecular weight is 339 g/mol. The van der Waals surface area contributed by atoms with Gasteiger partial charge < -0.3 is 16.0 Å². The Bertz CT molecular complexity index is 587. The highest BCUT2D eigenvalue weighted by Crippen LogP contribution is 2.23. The first kappa shape index (κ1) is 18.2. The van der Waals surface area contributed by atoms with Crippen LogP contribution in [-0.4, -0.2) is 47.0 Å². The molecule has 3 N–H and O–H groups in total. The van der Waals surface area contributed by atoms with E-state index < -0.39 is 18.6 Å². The molecule has 0 radical (unpaired) electrons. The molecule has 2 rings (SSSR count). The highest BCUT2D eigenvalue weighted by molar-refractivity contribution is 5.86. The lowest BCUT2D eigenvalue weighted by atomic mass is 9.93. The van der Waals surface area contributed by atoms with Crippen molar-refractivity contribution in [3.63, 3.8) is 0 Å². The number of carbonyl (C=O) groups excluding carboxylic acids is 2. The van der Waals surface area contributed by atoms with Gasteiger partial charge in [-0.05, 0) is 39.2 Å². The molecule has 134 valence electrons. The SMILES string of the molecule is CC(C)n1ncc2c1C[C@@H](NC(=O)N[C@H](C)C(=O)NCCF)CC2. The highest BCUT2D eigenvalue weighted by Gasteiger charge is 2.25. The van der Waals surface area contributed by atoms with E-state index in [0.717, 1.165) is 25.0 Å². The van der Waals surface area contributed by atoms with Crippen LogP contribution >= 0.6 is 0 Å². The van der Waals surface area contributed by atoms with E-state index in [1.165, 1.54) is 5.56 Å². The van der Waals surface area contributed by atoms with E-state index >= 15 is 0 Å². The van der Waals surface area contributed by atoms with E-state index in [0.29, 0.717) is 0 Å². The number of amides is 3. The summed E-state index contributed by atoms with van der Waals surface area (Å²) in [5.74, 6) is -0.397. The summed E-state index contributed by atoms with van der Waals surface area (Å²) in [6.45, 7) is 5.05. The third-order valence-corrected chi connectivity index (χ3v) is 4.15. The average Bonchev–Trinajstić information content (AvgIpc) is 2.95. The van der Waals surface area contributed by atoms with Crippen molar-refractivity contribution in [2.75, 3.05) is 13.2 Å². The lowest BCUT2D eigenvalue weighted by Gasteiger charge is -2.26. The molecule has 24 heavy (non-hydrogen) atoms. The van der Waals surface area contributed by atoms with Gasteiger partial charge >= 0.3 is 6.03 Å². The second-order valence-electron chi connectivity index (χ2n) is 6.41. The maximum absolute atomic E-state index is 12.1. The van der Waals surface area contributed by atoms with Crippen molar-refractivity contribution < 1.29 is 14.0 Å². The molecule has 3 amide bonds. The Morgan fingerprint density at radius 1 is 1.42 bits per heavy atom. The van der Waals surface area contributed by atoms with Gasteiger partial charge in [-0.25, -0.2) is 9.18 Å². The van der Waals surface area contributed by atoms with Gasteiger partial charge in [-0.2, -0.15) is 5.10 Å². The van der Waals surface area contributed by atoms with E-state index in [2.05, 4.69) is 34.9 Å². The molecule has 0 unspecified atom stereocenters. The minimum Gasteiger partial charge on any atom is -0.352 e. The Morgan fingerprint density at radius 3 is 2.83 bits per heavy atom. The lowest BCUT2D eigenvalue weighted by Crippen LogP contribution is -2.51. The zero-order chi connectivity index (χ0) is 17.7. The number of aromatic nitrogens is 2. The van der Waals surface area contributed by atoms with E-state index in [1.54, 1.807) is 6.92 Å². The Balaban J connectivity index is 1.87. The van der Waals surface area contributed by atoms with Crippen LogP contribution in [-0.2, 0) is 17.6 Å². The summed E-state index contributed by atoms with van der Waals surface area (Å²) in [7, 11) is 0. The smallest absolute Gasteiger partial charge is 0.315 e. The van der Waals surface area contributed by atoms with E-state index in [4.69, 9.17) is 0 Å². The fourth-order valence-corrected chi connectivity index (χ4v) is 2.90. The van der Waals surface area contributed by atoms with E-state index in [9.17, 15) is 14.0 Å². The van der Waals surface area contributed by atoms with Gasteiger partial charge in [0.15, 0.2) is 0 Å². The first-order chi connectivity index (χ1) is 11.4. The van der Waals surface area contributed by atoms with Gasteiger partial charge in [0.25, 0.3) is 0 Å². The summed E-state index contributed by atoms with van der Waals surface area (Å²) in [5.41, 5.74) is 2.40. The van der Waals surface area contributed by atoms with E-state index in [-0.39, 0.29) is 24.7 Å². The molecule has 1 aromatic heterocycles. The number of carbonyl (C=O) groups is 2. The predicted molar refractivity (Wildman–Crippen MR) is 88.5 cm³/mol. The van der Waals surface area contributed by atoms with Crippen LogP contribution in [0.1, 0.15) is 44.5 Å². The summed E-state index contributed by atoms with van der Waals surface area (Å²) in [6.07, 6.45) is 4.35. The number of fused-ring (bicyclic) bond motifs is 1. The van der Waals surface area contributed by atoms with Gasteiger partial charge in [0.1, 0.15) is 12.7 Å². The molecule has 0 saturated carbocycles. The molecule has 1 heterocycles. The number of halogens is 1. The third kappa shape index (κ3) is 4.46. The zero-order valence-electron chi connectivity index (χ0n) is 14.4. The number of rotatable bonds is 6. The largest absolute Gasteiger partial charge is 0.352 e. The summed E-state index contributed by atoms with van der Waals surface area (Å²) >= 11 is 0. The van der Waals surface area contributed by atoms with Gasteiger partial charge in [0.05, 0.1) is 6.20 Å². The predicted octanol–water partition coefficient (Wildman–Crippen LogP) is 1.09.